The number of oxime groups is 1. The monoisotopic (exact) mass is 260 g/mol. The molecule has 0 radical (unpaired) electrons. The summed E-state index contributed by atoms with van der Waals surface area (Å²) < 4.78 is 5.28. The normalized spacial score (nSPS) is 11.6. The second-order valence-electron chi connectivity index (χ2n) is 4.83. The molecule has 0 unspecified atom stereocenters. The van der Waals surface area contributed by atoms with Crippen molar-refractivity contribution in [3.05, 3.63) is 0 Å². The first-order chi connectivity index (χ1) is 8.40. The van der Waals surface area contributed by atoms with Crippen molar-refractivity contribution in [2.24, 2.45) is 5.16 Å². The maximum atomic E-state index is 11.9. The zero-order chi connectivity index (χ0) is 14.0. The number of carbonyl (C=O) groups excluding carboxylic acids is 1. The minimum atomic E-state index is -0.523. The van der Waals surface area contributed by atoms with E-state index >= 15 is 0 Å². The van der Waals surface area contributed by atoms with Gasteiger partial charge in [0.2, 0.25) is 0 Å². The molecule has 0 heterocycles. The second kappa shape index (κ2) is 8.74. The Morgan fingerprint density at radius 2 is 2.06 bits per heavy atom. The molecule has 0 aliphatic heterocycles. The van der Waals surface area contributed by atoms with E-state index in [1.807, 2.05) is 20.8 Å². The van der Waals surface area contributed by atoms with Crippen molar-refractivity contribution >= 4 is 12.3 Å². The average Bonchev–Trinajstić information content (AvgIpc) is 2.25. The van der Waals surface area contributed by atoms with E-state index in [-0.39, 0.29) is 12.7 Å². The molecule has 0 aromatic heterocycles. The van der Waals surface area contributed by atoms with Crippen molar-refractivity contribution in [2.75, 3.05) is 26.8 Å². The Hall–Kier alpha value is -1.30. The van der Waals surface area contributed by atoms with Gasteiger partial charge in [0.05, 0.1) is 12.8 Å². The molecule has 6 heteroatoms. The number of carbonyl (C=O) groups is 1. The first kappa shape index (κ1) is 16.7. The zero-order valence-electron chi connectivity index (χ0n) is 11.7. The highest BCUT2D eigenvalue weighted by Crippen LogP contribution is 2.10. The quantitative estimate of drug-likeness (QED) is 0.429. The van der Waals surface area contributed by atoms with E-state index in [1.165, 1.54) is 18.2 Å². The second-order valence-corrected chi connectivity index (χ2v) is 4.83. The highest BCUT2D eigenvalue weighted by molar-refractivity contribution is 5.73. The summed E-state index contributed by atoms with van der Waals surface area (Å²) in [5, 5.41) is 12.3. The average molecular weight is 260 g/mol. The van der Waals surface area contributed by atoms with E-state index in [0.717, 1.165) is 6.42 Å². The molecule has 0 saturated carbocycles. The van der Waals surface area contributed by atoms with Crippen LogP contribution in [0.25, 0.3) is 0 Å². The molecule has 0 aliphatic rings. The summed E-state index contributed by atoms with van der Waals surface area (Å²) in [7, 11) is 1.44. The number of aliphatic hydroxyl groups excluding tert-OH is 1. The van der Waals surface area contributed by atoms with Crippen molar-refractivity contribution in [1.82, 2.24) is 4.90 Å². The van der Waals surface area contributed by atoms with Crippen LogP contribution in [0.5, 0.6) is 0 Å². The van der Waals surface area contributed by atoms with E-state index in [1.54, 1.807) is 0 Å². The lowest BCUT2D eigenvalue weighted by atomic mass is 10.2. The third kappa shape index (κ3) is 8.81. The largest absolute Gasteiger partial charge is 0.444 e. The number of hydrogen-bond donors (Lipinski definition) is 1. The Morgan fingerprint density at radius 1 is 1.39 bits per heavy atom. The lowest BCUT2D eigenvalue weighted by Crippen LogP contribution is -2.38. The number of nitrogens with zero attached hydrogens (tertiary/aromatic N) is 2. The van der Waals surface area contributed by atoms with Crippen LogP contribution in [0.4, 0.5) is 4.79 Å². The summed E-state index contributed by atoms with van der Waals surface area (Å²) in [5.74, 6) is 0. The smallest absolute Gasteiger partial charge is 0.410 e. The van der Waals surface area contributed by atoms with Gasteiger partial charge in [0, 0.05) is 13.2 Å². The van der Waals surface area contributed by atoms with Crippen molar-refractivity contribution in [1.29, 1.82) is 0 Å². The van der Waals surface area contributed by atoms with Crippen LogP contribution < -0.4 is 0 Å². The van der Waals surface area contributed by atoms with Crippen molar-refractivity contribution in [3.63, 3.8) is 0 Å². The van der Waals surface area contributed by atoms with Gasteiger partial charge < -0.3 is 19.6 Å². The number of aliphatic hydroxyl groups is 1. The highest BCUT2D eigenvalue weighted by Gasteiger charge is 2.21. The summed E-state index contributed by atoms with van der Waals surface area (Å²) in [6.07, 6.45) is 2.49. The molecule has 0 atom stereocenters. The molecule has 0 rings (SSSR count). The topological polar surface area (TPSA) is 71.4 Å². The van der Waals surface area contributed by atoms with Gasteiger partial charge in [0.1, 0.15) is 12.7 Å². The molecule has 1 amide bonds. The number of unbranched alkanes of at least 4 members (excludes halogenated alkanes) is 1. The first-order valence-corrected chi connectivity index (χ1v) is 6.04. The van der Waals surface area contributed by atoms with Crippen LogP contribution in [0.2, 0.25) is 0 Å². The molecule has 18 heavy (non-hydrogen) atoms. The zero-order valence-corrected chi connectivity index (χ0v) is 11.7. The van der Waals surface area contributed by atoms with Gasteiger partial charge in [0.15, 0.2) is 0 Å². The Kier molecular flexibility index (Phi) is 8.11. The van der Waals surface area contributed by atoms with Gasteiger partial charge in [0.25, 0.3) is 0 Å². The van der Waals surface area contributed by atoms with Gasteiger partial charge >= 0.3 is 6.09 Å². The SMILES string of the molecule is CO/N=C/CN(CCCCO)C(=O)OC(C)(C)C. The van der Waals surface area contributed by atoms with Crippen LogP contribution >= 0.6 is 0 Å². The third-order valence-electron chi connectivity index (χ3n) is 1.97. The molecule has 0 spiro atoms. The molecule has 0 aromatic rings. The molecule has 1 N–H and O–H groups in total. The maximum absolute atomic E-state index is 11.9. The van der Waals surface area contributed by atoms with Crippen LogP contribution in [0, 0.1) is 0 Å². The minimum Gasteiger partial charge on any atom is -0.444 e. The molecule has 0 fully saturated rings. The molecule has 0 saturated heterocycles. The van der Waals surface area contributed by atoms with Crippen LogP contribution in [0.1, 0.15) is 33.6 Å². The Balaban J connectivity index is 4.34. The summed E-state index contributed by atoms with van der Waals surface area (Å²) in [6.45, 7) is 6.42. The van der Waals surface area contributed by atoms with E-state index in [2.05, 4.69) is 9.99 Å². The maximum Gasteiger partial charge on any atom is 0.410 e. The van der Waals surface area contributed by atoms with Crippen molar-refractivity contribution < 1.29 is 19.5 Å². The minimum absolute atomic E-state index is 0.119. The van der Waals surface area contributed by atoms with Crippen LogP contribution in [-0.4, -0.2) is 54.7 Å². The highest BCUT2D eigenvalue weighted by atomic mass is 16.6. The molecular formula is C12H24N2O4. The number of amides is 1. The summed E-state index contributed by atoms with van der Waals surface area (Å²) in [5.41, 5.74) is -0.523. The van der Waals surface area contributed by atoms with Crippen LogP contribution in [0.15, 0.2) is 5.16 Å². The fourth-order valence-corrected chi connectivity index (χ4v) is 1.20. The molecule has 0 aromatic carbocycles. The lowest BCUT2D eigenvalue weighted by Gasteiger charge is -2.26. The van der Waals surface area contributed by atoms with Crippen molar-refractivity contribution in [2.45, 2.75) is 39.2 Å². The van der Waals surface area contributed by atoms with Gasteiger partial charge in [-0.25, -0.2) is 4.79 Å². The Labute approximate surface area is 109 Å². The van der Waals surface area contributed by atoms with E-state index < -0.39 is 5.60 Å². The molecule has 6 nitrogen and oxygen atoms in total. The van der Waals surface area contributed by atoms with Crippen LogP contribution in [-0.2, 0) is 9.57 Å². The molecule has 0 bridgehead atoms. The van der Waals surface area contributed by atoms with Gasteiger partial charge in [-0.2, -0.15) is 0 Å². The fraction of sp³-hybridized carbons (Fsp3) is 0.833. The fourth-order valence-electron chi connectivity index (χ4n) is 1.20. The van der Waals surface area contributed by atoms with Crippen molar-refractivity contribution in [3.8, 4) is 0 Å². The van der Waals surface area contributed by atoms with Gasteiger partial charge in [-0.15, -0.1) is 0 Å². The predicted molar refractivity (Wildman–Crippen MR) is 69.6 cm³/mol. The number of ether oxygens (including phenoxy) is 1. The number of hydrogen-bond acceptors (Lipinski definition) is 5. The summed E-state index contributed by atoms with van der Waals surface area (Å²) in [4.78, 5) is 18.0. The third-order valence-corrected chi connectivity index (χ3v) is 1.97. The summed E-state index contributed by atoms with van der Waals surface area (Å²) in [6, 6.07) is 0. The van der Waals surface area contributed by atoms with E-state index in [9.17, 15) is 4.79 Å². The molecule has 106 valence electrons. The predicted octanol–water partition coefficient (Wildman–Crippen LogP) is 1.63. The first-order valence-electron chi connectivity index (χ1n) is 6.04. The van der Waals surface area contributed by atoms with Gasteiger partial charge in [-0.1, -0.05) is 5.16 Å². The Morgan fingerprint density at radius 3 is 2.56 bits per heavy atom. The van der Waals surface area contributed by atoms with Gasteiger partial charge in [-0.3, -0.25) is 0 Å². The van der Waals surface area contributed by atoms with Crippen LogP contribution in [0.3, 0.4) is 0 Å². The Bertz CT molecular complexity index is 261. The molecule has 0 aliphatic carbocycles. The standard InChI is InChI=1S/C12H24N2O4/c1-12(2,3)18-11(16)14(8-5-6-10-15)9-7-13-17-4/h7,15H,5-6,8-10H2,1-4H3/b13-7+. The molecular weight excluding hydrogens is 236 g/mol. The van der Waals surface area contributed by atoms with E-state index in [0.29, 0.717) is 19.5 Å². The van der Waals surface area contributed by atoms with Gasteiger partial charge in [-0.05, 0) is 33.6 Å². The number of rotatable bonds is 7. The van der Waals surface area contributed by atoms with E-state index in [4.69, 9.17) is 9.84 Å². The lowest BCUT2D eigenvalue weighted by molar-refractivity contribution is 0.0274. The summed E-state index contributed by atoms with van der Waals surface area (Å²) >= 11 is 0.